The van der Waals surface area contributed by atoms with E-state index in [1.165, 1.54) is 31.3 Å². The molecule has 3 aliphatic carbocycles. The van der Waals surface area contributed by atoms with Crippen molar-refractivity contribution in [1.29, 1.82) is 0 Å². The van der Waals surface area contributed by atoms with Crippen LogP contribution in [0.3, 0.4) is 0 Å². The van der Waals surface area contributed by atoms with E-state index in [0.717, 1.165) is 17.6 Å². The fraction of sp³-hybridized carbons (Fsp3) is 0.409. The molecule has 1 aromatic rings. The van der Waals surface area contributed by atoms with Crippen LogP contribution in [0.25, 0.3) is 5.57 Å². The van der Waals surface area contributed by atoms with E-state index < -0.39 is 6.09 Å². The van der Waals surface area contributed by atoms with E-state index in [9.17, 15) is 4.79 Å². The largest absolute Gasteiger partial charge is 0.449 e. The Morgan fingerprint density at radius 2 is 1.96 bits per heavy atom. The lowest BCUT2D eigenvalue weighted by Crippen LogP contribution is -2.28. The molecule has 1 aromatic carbocycles. The highest BCUT2D eigenvalue weighted by molar-refractivity contribution is 7.83. The van der Waals surface area contributed by atoms with Crippen molar-refractivity contribution < 1.29 is 11.0 Å². The second kappa shape index (κ2) is 8.63. The summed E-state index contributed by atoms with van der Waals surface area (Å²) in [5.74, 6) is 1.72. The number of rotatable bonds is 5. The quantitative estimate of drug-likeness (QED) is 0.388. The molecule has 4 rings (SSSR count). The van der Waals surface area contributed by atoms with E-state index in [-0.39, 0.29) is 1.43 Å². The Morgan fingerprint density at radius 1 is 1.27 bits per heavy atom. The second-order valence-corrected chi connectivity index (χ2v) is 7.60. The molecule has 140 valence electrons. The standard InChI is InChI=1S/C22H27NO2S.H2/c1-15-12-20(18-10-8-17(15)9-11-18)13-25-22(24)23-16(2)21(14-26)19-6-4-3-5-7-19;/h3-7,14,17-18,20,26H,1-2,8-13H2,(H,23,24);1H/b21-14+;. The highest BCUT2D eigenvalue weighted by Crippen LogP contribution is 2.44. The van der Waals surface area contributed by atoms with Crippen LogP contribution in [0.1, 0.15) is 39.1 Å². The van der Waals surface area contributed by atoms with Crippen LogP contribution >= 0.6 is 12.6 Å². The molecule has 0 radical (unpaired) electrons. The third-order valence-corrected chi connectivity index (χ3v) is 6.02. The van der Waals surface area contributed by atoms with Gasteiger partial charge in [-0.2, -0.15) is 12.6 Å². The van der Waals surface area contributed by atoms with Gasteiger partial charge in [0, 0.05) is 12.7 Å². The predicted molar refractivity (Wildman–Crippen MR) is 112 cm³/mol. The number of allylic oxidation sites excluding steroid dienone is 2. The van der Waals surface area contributed by atoms with Gasteiger partial charge in [-0.3, -0.25) is 5.32 Å². The number of fused-ring (bicyclic) bond motifs is 4. The number of hydrogen-bond donors (Lipinski definition) is 2. The lowest BCUT2D eigenvalue weighted by atomic mass is 9.80. The minimum Gasteiger partial charge on any atom is -0.449 e. The molecule has 1 atom stereocenters. The summed E-state index contributed by atoms with van der Waals surface area (Å²) in [6.45, 7) is 8.66. The van der Waals surface area contributed by atoms with Gasteiger partial charge in [-0.05, 0) is 60.8 Å². The van der Waals surface area contributed by atoms with Crippen molar-refractivity contribution in [3.8, 4) is 0 Å². The van der Waals surface area contributed by atoms with E-state index in [1.807, 2.05) is 30.3 Å². The Labute approximate surface area is 163 Å². The van der Waals surface area contributed by atoms with Crippen LogP contribution < -0.4 is 5.32 Å². The highest BCUT2D eigenvalue weighted by atomic mass is 32.1. The summed E-state index contributed by atoms with van der Waals surface area (Å²) in [6.07, 6.45) is 5.48. The number of carbonyl (C=O) groups excluding carboxylic acids is 1. The van der Waals surface area contributed by atoms with Crippen molar-refractivity contribution in [2.24, 2.45) is 17.8 Å². The minimum atomic E-state index is -0.456. The Kier molecular flexibility index (Phi) is 6.25. The average Bonchev–Trinajstić information content (AvgIpc) is 2.90. The molecule has 4 heteroatoms. The van der Waals surface area contributed by atoms with Gasteiger partial charge in [0.05, 0.1) is 6.61 Å². The number of ether oxygens (including phenoxy) is 1. The maximum atomic E-state index is 12.3. The summed E-state index contributed by atoms with van der Waals surface area (Å²) in [4.78, 5) is 12.3. The molecule has 1 unspecified atom stereocenters. The van der Waals surface area contributed by atoms with Crippen molar-refractivity contribution in [2.75, 3.05) is 6.61 Å². The second-order valence-electron chi connectivity index (χ2n) is 7.34. The summed E-state index contributed by atoms with van der Waals surface area (Å²) in [6, 6.07) is 9.72. The topological polar surface area (TPSA) is 38.3 Å². The van der Waals surface area contributed by atoms with Gasteiger partial charge in [-0.25, -0.2) is 4.79 Å². The zero-order valence-electron chi connectivity index (χ0n) is 15.1. The molecule has 26 heavy (non-hydrogen) atoms. The van der Waals surface area contributed by atoms with Crippen molar-refractivity contribution in [2.45, 2.75) is 32.1 Å². The molecule has 0 spiro atoms. The fourth-order valence-corrected chi connectivity index (χ4v) is 4.52. The van der Waals surface area contributed by atoms with E-state index in [2.05, 4.69) is 31.1 Å². The van der Waals surface area contributed by atoms with Crippen molar-refractivity contribution in [1.82, 2.24) is 5.32 Å². The Hall–Kier alpha value is -1.94. The third kappa shape index (κ3) is 4.42. The van der Waals surface area contributed by atoms with Crippen LogP contribution in [-0.4, -0.2) is 12.7 Å². The van der Waals surface area contributed by atoms with Crippen molar-refractivity contribution >= 4 is 24.3 Å². The summed E-state index contributed by atoms with van der Waals surface area (Å²) < 4.78 is 5.53. The lowest BCUT2D eigenvalue weighted by Gasteiger charge is -2.27. The number of carbonyl (C=O) groups is 1. The molecule has 0 heterocycles. The summed E-state index contributed by atoms with van der Waals surface area (Å²) >= 11 is 4.25. The molecule has 3 aliphatic rings. The van der Waals surface area contributed by atoms with Crippen LogP contribution in [0.4, 0.5) is 4.79 Å². The molecule has 2 bridgehead atoms. The van der Waals surface area contributed by atoms with Crippen LogP contribution in [0.5, 0.6) is 0 Å². The van der Waals surface area contributed by atoms with E-state index in [1.54, 1.807) is 5.41 Å². The third-order valence-electron chi connectivity index (χ3n) is 5.76. The minimum absolute atomic E-state index is 0. The highest BCUT2D eigenvalue weighted by Gasteiger charge is 2.34. The van der Waals surface area contributed by atoms with Gasteiger partial charge in [0.2, 0.25) is 0 Å². The number of thiol groups is 1. The van der Waals surface area contributed by atoms with Crippen molar-refractivity contribution in [3.05, 3.63) is 65.7 Å². The first-order valence-electron chi connectivity index (χ1n) is 9.29. The molecule has 0 saturated heterocycles. The zero-order valence-corrected chi connectivity index (χ0v) is 16.0. The SMILES string of the molecule is C=C(NC(=O)OCC1CC(=C)C2CCC1CC2)/C(=C\S)c1ccccc1.[HH]. The molecule has 3 nitrogen and oxygen atoms in total. The van der Waals surface area contributed by atoms with Gasteiger partial charge < -0.3 is 4.74 Å². The van der Waals surface area contributed by atoms with Gasteiger partial charge in [-0.15, -0.1) is 0 Å². The number of nitrogens with one attached hydrogen (secondary N) is 1. The van der Waals surface area contributed by atoms with Crippen LogP contribution in [-0.2, 0) is 4.74 Å². The monoisotopic (exact) mass is 371 g/mol. The molecule has 1 amide bonds. The predicted octanol–water partition coefficient (Wildman–Crippen LogP) is 5.83. The van der Waals surface area contributed by atoms with Gasteiger partial charge in [0.15, 0.2) is 0 Å². The van der Waals surface area contributed by atoms with Gasteiger partial charge in [0.25, 0.3) is 0 Å². The smallest absolute Gasteiger partial charge is 0.411 e. The Balaban J connectivity index is 0.00000261. The lowest BCUT2D eigenvalue weighted by molar-refractivity contribution is 0.107. The summed E-state index contributed by atoms with van der Waals surface area (Å²) in [5, 5.41) is 4.39. The number of alkyl carbamates (subject to hydrolysis) is 1. The van der Waals surface area contributed by atoms with Crippen LogP contribution in [0, 0.1) is 17.8 Å². The van der Waals surface area contributed by atoms with E-state index in [4.69, 9.17) is 4.74 Å². The summed E-state index contributed by atoms with van der Waals surface area (Å²) in [5.41, 5.74) is 3.55. The molecule has 3 saturated carbocycles. The number of benzene rings is 1. The van der Waals surface area contributed by atoms with Gasteiger partial charge in [0.1, 0.15) is 0 Å². The zero-order chi connectivity index (χ0) is 18.5. The molecule has 1 N–H and O–H groups in total. The van der Waals surface area contributed by atoms with Gasteiger partial charge >= 0.3 is 6.09 Å². The van der Waals surface area contributed by atoms with E-state index >= 15 is 0 Å². The Morgan fingerprint density at radius 3 is 2.62 bits per heavy atom. The molecular weight excluding hydrogens is 342 g/mol. The van der Waals surface area contributed by atoms with Crippen molar-refractivity contribution in [3.63, 3.8) is 0 Å². The average molecular weight is 372 g/mol. The summed E-state index contributed by atoms with van der Waals surface area (Å²) in [7, 11) is 0. The first-order valence-corrected chi connectivity index (χ1v) is 9.80. The first kappa shape index (κ1) is 18.8. The fourth-order valence-electron chi connectivity index (χ4n) is 4.22. The Bertz CT molecular complexity index is 708. The number of amides is 1. The number of hydrogen-bond acceptors (Lipinski definition) is 3. The molecule has 0 aromatic heterocycles. The maximum absolute atomic E-state index is 12.3. The van der Waals surface area contributed by atoms with Gasteiger partial charge in [-0.1, -0.05) is 49.1 Å². The van der Waals surface area contributed by atoms with Crippen LogP contribution in [0.2, 0.25) is 0 Å². The van der Waals surface area contributed by atoms with Crippen LogP contribution in [0.15, 0.2) is 60.2 Å². The molecule has 3 fully saturated rings. The first-order chi connectivity index (χ1) is 12.6. The van der Waals surface area contributed by atoms with E-state index in [0.29, 0.717) is 30.1 Å². The molecular formula is C22H29NO2S. The molecule has 0 aliphatic heterocycles. The normalized spacial score (nSPS) is 25.5. The maximum Gasteiger partial charge on any atom is 0.411 e.